The lowest BCUT2D eigenvalue weighted by Crippen LogP contribution is -2.47. The van der Waals surface area contributed by atoms with Crippen LogP contribution in [0.5, 0.6) is 0 Å². The van der Waals surface area contributed by atoms with Gasteiger partial charge in [0.2, 0.25) is 5.82 Å². The second kappa shape index (κ2) is 7.42. The average molecular weight is 398 g/mol. The zero-order chi connectivity index (χ0) is 19.8. The summed E-state index contributed by atoms with van der Waals surface area (Å²) >= 11 is 0. The number of amides is 2. The van der Waals surface area contributed by atoms with Crippen LogP contribution in [0.2, 0.25) is 0 Å². The summed E-state index contributed by atoms with van der Waals surface area (Å²) in [4.78, 5) is 34.5. The molecule has 0 saturated carbocycles. The fourth-order valence-electron chi connectivity index (χ4n) is 4.57. The Bertz CT molecular complexity index is 918. The highest BCUT2D eigenvalue weighted by molar-refractivity contribution is 6.02. The first-order chi connectivity index (χ1) is 14.2. The summed E-state index contributed by atoms with van der Waals surface area (Å²) in [7, 11) is 0. The van der Waals surface area contributed by atoms with Crippen LogP contribution in [0.1, 0.15) is 53.2 Å². The van der Waals surface area contributed by atoms with Crippen LogP contribution in [0.15, 0.2) is 24.4 Å². The fraction of sp³-hybridized carbons (Fsp3) is 0.571. The molecule has 1 spiro atoms. The normalized spacial score (nSPS) is 21.8. The van der Waals surface area contributed by atoms with Gasteiger partial charge >= 0.3 is 0 Å². The number of pyridine rings is 1. The molecule has 0 aliphatic carbocycles. The van der Waals surface area contributed by atoms with Crippen molar-refractivity contribution in [3.63, 3.8) is 0 Å². The molecule has 3 aliphatic heterocycles. The van der Waals surface area contributed by atoms with E-state index in [9.17, 15) is 9.59 Å². The average Bonchev–Trinajstić information content (AvgIpc) is 3.39. The van der Waals surface area contributed by atoms with Crippen LogP contribution in [-0.4, -0.2) is 76.2 Å². The maximum Gasteiger partial charge on any atom is 0.290 e. The molecule has 8 nitrogen and oxygen atoms in total. The molecule has 0 bridgehead atoms. The summed E-state index contributed by atoms with van der Waals surface area (Å²) in [6.45, 7) is 3.83. The second-order valence-corrected chi connectivity index (χ2v) is 7.99. The van der Waals surface area contributed by atoms with Gasteiger partial charge in [-0.15, -0.1) is 0 Å². The lowest BCUT2D eigenvalue weighted by atomic mass is 10.0. The monoisotopic (exact) mass is 398 g/mol. The fourth-order valence-corrected chi connectivity index (χ4v) is 4.57. The van der Waals surface area contributed by atoms with Crippen LogP contribution in [0.25, 0.3) is 5.52 Å². The van der Waals surface area contributed by atoms with Crippen molar-refractivity contribution in [1.29, 1.82) is 0 Å². The Labute approximate surface area is 169 Å². The van der Waals surface area contributed by atoms with Crippen molar-refractivity contribution in [2.45, 2.75) is 37.9 Å². The maximum absolute atomic E-state index is 13.3. The SMILES string of the molecule is O=C(c1nc(C(=O)N2CCC3(CC2)OCCO3)n2ccccc12)N1CCCCC1. The minimum Gasteiger partial charge on any atom is -0.347 e. The third-order valence-corrected chi connectivity index (χ3v) is 6.21. The lowest BCUT2D eigenvalue weighted by molar-refractivity contribution is -0.181. The number of piperidine rings is 2. The Morgan fingerprint density at radius 1 is 0.897 bits per heavy atom. The van der Waals surface area contributed by atoms with Gasteiger partial charge in [0.1, 0.15) is 0 Å². The minimum absolute atomic E-state index is 0.0854. The van der Waals surface area contributed by atoms with Crippen LogP contribution in [0.4, 0.5) is 0 Å². The predicted molar refractivity (Wildman–Crippen MR) is 105 cm³/mol. The molecule has 5 rings (SSSR count). The topological polar surface area (TPSA) is 76.4 Å². The quantitative estimate of drug-likeness (QED) is 0.773. The summed E-state index contributed by atoms with van der Waals surface area (Å²) < 4.78 is 13.3. The zero-order valence-corrected chi connectivity index (χ0v) is 16.5. The van der Waals surface area contributed by atoms with Gasteiger partial charge in [0.05, 0.1) is 18.7 Å². The molecular formula is C21H26N4O4. The van der Waals surface area contributed by atoms with E-state index in [1.807, 2.05) is 23.1 Å². The Hall–Kier alpha value is -2.45. The Morgan fingerprint density at radius 3 is 2.31 bits per heavy atom. The summed E-state index contributed by atoms with van der Waals surface area (Å²) in [5.74, 6) is -0.472. The largest absolute Gasteiger partial charge is 0.347 e. The summed E-state index contributed by atoms with van der Waals surface area (Å²) in [6.07, 6.45) is 6.30. The predicted octanol–water partition coefficient (Wildman–Crippen LogP) is 1.94. The zero-order valence-electron chi connectivity index (χ0n) is 16.5. The number of rotatable bonds is 2. The highest BCUT2D eigenvalue weighted by atomic mass is 16.7. The van der Waals surface area contributed by atoms with Crippen molar-refractivity contribution >= 4 is 17.3 Å². The van der Waals surface area contributed by atoms with Gasteiger partial charge < -0.3 is 19.3 Å². The van der Waals surface area contributed by atoms with Gasteiger partial charge in [-0.2, -0.15) is 0 Å². The van der Waals surface area contributed by atoms with Crippen LogP contribution in [0, 0.1) is 0 Å². The number of carbonyl (C=O) groups excluding carboxylic acids is 2. The van der Waals surface area contributed by atoms with E-state index >= 15 is 0 Å². The molecule has 3 saturated heterocycles. The molecule has 0 atom stereocenters. The molecule has 0 radical (unpaired) electrons. The molecule has 3 aliphatic rings. The number of nitrogens with zero attached hydrogens (tertiary/aromatic N) is 4. The first kappa shape index (κ1) is 18.6. The summed E-state index contributed by atoms with van der Waals surface area (Å²) in [6, 6.07) is 5.58. The van der Waals surface area contributed by atoms with E-state index < -0.39 is 5.79 Å². The number of ether oxygens (including phenoxy) is 2. The number of aromatic nitrogens is 2. The number of hydrogen-bond donors (Lipinski definition) is 0. The Balaban J connectivity index is 1.41. The van der Waals surface area contributed by atoms with Gasteiger partial charge in [0.15, 0.2) is 11.5 Å². The van der Waals surface area contributed by atoms with Crippen molar-refractivity contribution in [1.82, 2.24) is 19.2 Å². The highest BCUT2D eigenvalue weighted by Crippen LogP contribution is 2.32. The Morgan fingerprint density at radius 2 is 1.59 bits per heavy atom. The van der Waals surface area contributed by atoms with Crippen molar-refractivity contribution in [3.05, 3.63) is 35.9 Å². The number of carbonyl (C=O) groups is 2. The standard InChI is InChI=1S/C21H26N4O4/c26-19(23-9-3-1-4-10-23)17-16-6-2-5-11-25(16)18(22-17)20(27)24-12-7-21(8-13-24)28-14-15-29-21/h2,5-6,11H,1,3-4,7-10,12-15H2. The van der Waals surface area contributed by atoms with Crippen LogP contribution >= 0.6 is 0 Å². The third-order valence-electron chi connectivity index (χ3n) is 6.21. The number of imidazole rings is 1. The number of fused-ring (bicyclic) bond motifs is 1. The molecule has 8 heteroatoms. The second-order valence-electron chi connectivity index (χ2n) is 7.99. The molecule has 154 valence electrons. The highest BCUT2D eigenvalue weighted by Gasteiger charge is 2.41. The molecule has 2 aromatic heterocycles. The van der Waals surface area contributed by atoms with E-state index in [2.05, 4.69) is 4.98 Å². The van der Waals surface area contributed by atoms with Gasteiger partial charge in [-0.3, -0.25) is 14.0 Å². The van der Waals surface area contributed by atoms with Crippen LogP contribution in [0.3, 0.4) is 0 Å². The van der Waals surface area contributed by atoms with E-state index in [-0.39, 0.29) is 11.8 Å². The first-order valence-corrected chi connectivity index (χ1v) is 10.5. The molecule has 2 aromatic rings. The molecule has 5 heterocycles. The van der Waals surface area contributed by atoms with E-state index in [1.54, 1.807) is 15.5 Å². The van der Waals surface area contributed by atoms with Crippen LogP contribution in [-0.2, 0) is 9.47 Å². The first-order valence-electron chi connectivity index (χ1n) is 10.5. The van der Waals surface area contributed by atoms with E-state index in [0.717, 1.165) is 32.4 Å². The molecule has 29 heavy (non-hydrogen) atoms. The van der Waals surface area contributed by atoms with E-state index in [0.29, 0.717) is 56.2 Å². The van der Waals surface area contributed by atoms with Crippen molar-refractivity contribution < 1.29 is 19.1 Å². The third kappa shape index (κ3) is 3.30. The molecule has 3 fully saturated rings. The van der Waals surface area contributed by atoms with Crippen molar-refractivity contribution in [2.75, 3.05) is 39.4 Å². The van der Waals surface area contributed by atoms with Gasteiger partial charge in [0, 0.05) is 45.2 Å². The molecule has 0 aromatic carbocycles. The molecule has 0 N–H and O–H groups in total. The van der Waals surface area contributed by atoms with Crippen molar-refractivity contribution in [2.24, 2.45) is 0 Å². The van der Waals surface area contributed by atoms with Gasteiger partial charge in [0.25, 0.3) is 11.8 Å². The smallest absolute Gasteiger partial charge is 0.290 e. The Kier molecular flexibility index (Phi) is 4.75. The van der Waals surface area contributed by atoms with E-state index in [4.69, 9.17) is 9.47 Å². The maximum atomic E-state index is 13.3. The van der Waals surface area contributed by atoms with Crippen molar-refractivity contribution in [3.8, 4) is 0 Å². The molecule has 0 unspecified atom stereocenters. The number of likely N-dealkylation sites (tertiary alicyclic amines) is 2. The van der Waals surface area contributed by atoms with Gasteiger partial charge in [-0.1, -0.05) is 6.07 Å². The summed E-state index contributed by atoms with van der Waals surface area (Å²) in [5, 5.41) is 0. The number of hydrogen-bond acceptors (Lipinski definition) is 5. The molecule has 2 amide bonds. The lowest BCUT2D eigenvalue weighted by Gasteiger charge is -2.37. The minimum atomic E-state index is -0.527. The van der Waals surface area contributed by atoms with Crippen LogP contribution < -0.4 is 0 Å². The van der Waals surface area contributed by atoms with Gasteiger partial charge in [-0.05, 0) is 31.4 Å². The van der Waals surface area contributed by atoms with E-state index in [1.165, 1.54) is 0 Å². The molecular weight excluding hydrogens is 372 g/mol. The summed E-state index contributed by atoms with van der Waals surface area (Å²) in [5.41, 5.74) is 1.05. The van der Waals surface area contributed by atoms with Gasteiger partial charge in [-0.25, -0.2) is 4.98 Å².